The third-order valence-corrected chi connectivity index (χ3v) is 3.47. The van der Waals surface area contributed by atoms with Crippen LogP contribution in [-0.4, -0.2) is 28.1 Å². The van der Waals surface area contributed by atoms with Crippen molar-refractivity contribution in [2.24, 2.45) is 0 Å². The number of hydrogen-bond donors (Lipinski definition) is 1. The average Bonchev–Trinajstić information content (AvgIpc) is 2.80. The van der Waals surface area contributed by atoms with Gasteiger partial charge in [-0.3, -0.25) is 19.7 Å². The Balaban J connectivity index is 2.14. The third-order valence-electron chi connectivity index (χ3n) is 3.47. The summed E-state index contributed by atoms with van der Waals surface area (Å²) in [5, 5.41) is 10.7. The predicted octanol–water partition coefficient (Wildman–Crippen LogP) is 3.00. The number of non-ortho nitro benzene ring substituents is 1. The standard InChI is InChI=1S/C16H16N2O5/c1-9-15(11(3)19)10(2)17-16(9)14(20)8-23-13-6-4-5-12(7-13)18(21)22/h4-7,17H,8H2,1-3H3. The molecule has 0 saturated heterocycles. The van der Waals surface area contributed by atoms with E-state index in [0.717, 1.165) is 0 Å². The van der Waals surface area contributed by atoms with Crippen LogP contribution in [0.4, 0.5) is 5.69 Å². The molecule has 1 aromatic carbocycles. The molecule has 0 unspecified atom stereocenters. The summed E-state index contributed by atoms with van der Waals surface area (Å²) in [4.78, 5) is 36.9. The lowest BCUT2D eigenvalue weighted by molar-refractivity contribution is -0.384. The predicted molar refractivity (Wildman–Crippen MR) is 83.2 cm³/mol. The Hall–Kier alpha value is -2.96. The third kappa shape index (κ3) is 3.45. The number of H-pyrrole nitrogens is 1. The number of nitro benzene ring substituents is 1. The smallest absolute Gasteiger partial charge is 0.273 e. The zero-order valence-corrected chi connectivity index (χ0v) is 13.0. The fraction of sp³-hybridized carbons (Fsp3) is 0.250. The number of nitro groups is 1. The van der Waals surface area contributed by atoms with Gasteiger partial charge in [0, 0.05) is 17.3 Å². The number of ether oxygens (including phenoxy) is 1. The maximum Gasteiger partial charge on any atom is 0.273 e. The van der Waals surface area contributed by atoms with E-state index in [0.29, 0.717) is 22.5 Å². The second-order valence-corrected chi connectivity index (χ2v) is 5.15. The molecule has 7 heteroatoms. The Kier molecular flexibility index (Phi) is 4.59. The molecule has 23 heavy (non-hydrogen) atoms. The minimum absolute atomic E-state index is 0.110. The van der Waals surface area contributed by atoms with Crippen LogP contribution in [0.5, 0.6) is 5.75 Å². The van der Waals surface area contributed by atoms with Crippen molar-refractivity contribution < 1.29 is 19.2 Å². The van der Waals surface area contributed by atoms with Crippen molar-refractivity contribution in [2.75, 3.05) is 6.61 Å². The molecule has 0 radical (unpaired) electrons. The molecule has 0 fully saturated rings. The molecule has 0 atom stereocenters. The van der Waals surface area contributed by atoms with Gasteiger partial charge in [-0.25, -0.2) is 0 Å². The minimum Gasteiger partial charge on any atom is -0.485 e. The number of hydrogen-bond acceptors (Lipinski definition) is 5. The molecule has 0 saturated carbocycles. The van der Waals surface area contributed by atoms with E-state index in [2.05, 4.69) is 4.98 Å². The number of carbonyl (C=O) groups excluding carboxylic acids is 2. The molecule has 2 aromatic rings. The Labute approximate surface area is 132 Å². The lowest BCUT2D eigenvalue weighted by Crippen LogP contribution is -2.13. The van der Waals surface area contributed by atoms with Gasteiger partial charge in [-0.2, -0.15) is 0 Å². The van der Waals surface area contributed by atoms with E-state index < -0.39 is 4.92 Å². The normalized spacial score (nSPS) is 10.4. The SMILES string of the molecule is CC(=O)c1c(C)[nH]c(C(=O)COc2cccc([N+](=O)[O-])c2)c1C. The highest BCUT2D eigenvalue weighted by Crippen LogP contribution is 2.21. The van der Waals surface area contributed by atoms with E-state index >= 15 is 0 Å². The number of aryl methyl sites for hydroxylation is 1. The quantitative estimate of drug-likeness (QED) is 0.501. The van der Waals surface area contributed by atoms with Crippen molar-refractivity contribution in [3.63, 3.8) is 0 Å². The van der Waals surface area contributed by atoms with Crippen LogP contribution in [0.1, 0.15) is 39.0 Å². The van der Waals surface area contributed by atoms with E-state index in [1.54, 1.807) is 13.8 Å². The fourth-order valence-electron chi connectivity index (χ4n) is 2.46. The van der Waals surface area contributed by atoms with Crippen LogP contribution in [0.3, 0.4) is 0 Å². The lowest BCUT2D eigenvalue weighted by atomic mass is 10.1. The molecule has 0 aliphatic heterocycles. The molecule has 0 spiro atoms. The largest absolute Gasteiger partial charge is 0.485 e. The number of rotatable bonds is 6. The van der Waals surface area contributed by atoms with Crippen molar-refractivity contribution in [3.05, 3.63) is 56.9 Å². The second-order valence-electron chi connectivity index (χ2n) is 5.15. The molecule has 2 rings (SSSR count). The molecular weight excluding hydrogens is 300 g/mol. The summed E-state index contributed by atoms with van der Waals surface area (Å²) >= 11 is 0. The summed E-state index contributed by atoms with van der Waals surface area (Å²) < 4.78 is 5.32. The van der Waals surface area contributed by atoms with E-state index in [4.69, 9.17) is 4.74 Å². The Bertz CT molecular complexity index is 792. The molecule has 0 bridgehead atoms. The zero-order valence-electron chi connectivity index (χ0n) is 13.0. The van der Waals surface area contributed by atoms with Crippen LogP contribution in [0.2, 0.25) is 0 Å². The summed E-state index contributed by atoms with van der Waals surface area (Å²) in [5.41, 5.74) is 1.93. The molecular formula is C16H16N2O5. The van der Waals surface area contributed by atoms with Crippen molar-refractivity contribution in [1.82, 2.24) is 4.98 Å². The van der Waals surface area contributed by atoms with Crippen LogP contribution in [0, 0.1) is 24.0 Å². The molecule has 120 valence electrons. The van der Waals surface area contributed by atoms with E-state index in [1.807, 2.05) is 0 Å². The molecule has 7 nitrogen and oxygen atoms in total. The number of nitrogens with one attached hydrogen (secondary N) is 1. The Morgan fingerprint density at radius 3 is 2.57 bits per heavy atom. The molecule has 0 amide bonds. The van der Waals surface area contributed by atoms with Gasteiger partial charge < -0.3 is 9.72 Å². The molecule has 1 aromatic heterocycles. The Morgan fingerprint density at radius 2 is 2.00 bits per heavy atom. The fourth-order valence-corrected chi connectivity index (χ4v) is 2.46. The number of carbonyl (C=O) groups is 2. The van der Waals surface area contributed by atoms with Gasteiger partial charge in [-0.15, -0.1) is 0 Å². The van der Waals surface area contributed by atoms with E-state index in [-0.39, 0.29) is 29.6 Å². The number of ketones is 2. The first-order chi connectivity index (χ1) is 10.8. The summed E-state index contributed by atoms with van der Waals surface area (Å²) in [6, 6.07) is 5.61. The minimum atomic E-state index is -0.535. The van der Waals surface area contributed by atoms with Crippen LogP contribution in [-0.2, 0) is 0 Å². The number of nitrogens with zero attached hydrogens (tertiary/aromatic N) is 1. The molecule has 0 aliphatic rings. The highest BCUT2D eigenvalue weighted by molar-refractivity contribution is 6.03. The zero-order chi connectivity index (χ0) is 17.1. The van der Waals surface area contributed by atoms with Gasteiger partial charge in [0.2, 0.25) is 5.78 Å². The van der Waals surface area contributed by atoms with Gasteiger partial charge >= 0.3 is 0 Å². The highest BCUT2D eigenvalue weighted by atomic mass is 16.6. The van der Waals surface area contributed by atoms with Crippen molar-refractivity contribution >= 4 is 17.3 Å². The van der Waals surface area contributed by atoms with Gasteiger partial charge in [-0.05, 0) is 32.4 Å². The summed E-state index contributed by atoms with van der Waals surface area (Å²) in [6.07, 6.45) is 0. The van der Waals surface area contributed by atoms with Gasteiger partial charge in [0.1, 0.15) is 5.75 Å². The second kappa shape index (κ2) is 6.43. The van der Waals surface area contributed by atoms with Crippen molar-refractivity contribution in [3.8, 4) is 5.75 Å². The first kappa shape index (κ1) is 16.4. The maximum absolute atomic E-state index is 12.2. The van der Waals surface area contributed by atoms with Crippen molar-refractivity contribution in [2.45, 2.75) is 20.8 Å². The monoisotopic (exact) mass is 316 g/mol. The van der Waals surface area contributed by atoms with Crippen LogP contribution < -0.4 is 4.74 Å². The topological polar surface area (TPSA) is 102 Å². The molecule has 1 heterocycles. The van der Waals surface area contributed by atoms with Crippen molar-refractivity contribution in [1.29, 1.82) is 0 Å². The highest BCUT2D eigenvalue weighted by Gasteiger charge is 2.20. The van der Waals surface area contributed by atoms with Crippen LogP contribution >= 0.6 is 0 Å². The van der Waals surface area contributed by atoms with Gasteiger partial charge in [0.15, 0.2) is 12.4 Å². The number of Topliss-reactive ketones (excluding diaryl/α,β-unsaturated/α-hetero) is 2. The first-order valence-electron chi connectivity index (χ1n) is 6.91. The van der Waals surface area contributed by atoms with E-state index in [1.165, 1.54) is 31.2 Å². The maximum atomic E-state index is 12.2. The van der Waals surface area contributed by atoms with Gasteiger partial charge in [0.05, 0.1) is 16.7 Å². The average molecular weight is 316 g/mol. The summed E-state index contributed by atoms with van der Waals surface area (Å²) in [7, 11) is 0. The Morgan fingerprint density at radius 1 is 1.30 bits per heavy atom. The summed E-state index contributed by atoms with van der Waals surface area (Å²) in [5.74, 6) is -0.209. The van der Waals surface area contributed by atoms with Crippen LogP contribution in [0.25, 0.3) is 0 Å². The summed E-state index contributed by atoms with van der Waals surface area (Å²) in [6.45, 7) is 4.58. The van der Waals surface area contributed by atoms with Gasteiger partial charge in [-0.1, -0.05) is 6.07 Å². The van der Waals surface area contributed by atoms with E-state index in [9.17, 15) is 19.7 Å². The number of aromatic nitrogens is 1. The van der Waals surface area contributed by atoms with Crippen LogP contribution in [0.15, 0.2) is 24.3 Å². The molecule has 0 aliphatic carbocycles. The first-order valence-corrected chi connectivity index (χ1v) is 6.91. The number of benzene rings is 1. The van der Waals surface area contributed by atoms with Gasteiger partial charge in [0.25, 0.3) is 5.69 Å². The lowest BCUT2D eigenvalue weighted by Gasteiger charge is -2.05. The molecule has 1 N–H and O–H groups in total. The number of aromatic amines is 1.